The Kier molecular flexibility index (Phi) is 8.04. The predicted octanol–water partition coefficient (Wildman–Crippen LogP) is 3.37. The summed E-state index contributed by atoms with van der Waals surface area (Å²) in [6.07, 6.45) is 5.42. The number of nitro benzene ring substituents is 1. The highest BCUT2D eigenvalue weighted by atomic mass is 35.5. The molecule has 0 saturated heterocycles. The minimum atomic E-state index is -0.673. The largest absolute Gasteiger partial charge is 0.288 e. The smallest absolute Gasteiger partial charge is 0.273 e. The number of hydrazine groups is 1. The van der Waals surface area contributed by atoms with E-state index in [0.29, 0.717) is 6.42 Å². The van der Waals surface area contributed by atoms with Crippen molar-refractivity contribution in [1.29, 1.82) is 0 Å². The molecule has 0 aliphatic rings. The number of nitrogens with one attached hydrogen (secondary N) is 2. The van der Waals surface area contributed by atoms with Crippen molar-refractivity contribution in [3.63, 3.8) is 0 Å². The van der Waals surface area contributed by atoms with Gasteiger partial charge in [0.15, 0.2) is 0 Å². The molecule has 7 nitrogen and oxygen atoms in total. The minimum Gasteiger partial charge on any atom is -0.273 e. The summed E-state index contributed by atoms with van der Waals surface area (Å²) in [6, 6.07) is 3.68. The average Bonchev–Trinajstić information content (AvgIpc) is 2.52. The molecule has 23 heavy (non-hydrogen) atoms. The van der Waals surface area contributed by atoms with Crippen LogP contribution in [0.4, 0.5) is 5.69 Å². The van der Waals surface area contributed by atoms with Crippen LogP contribution in [0.5, 0.6) is 0 Å². The molecule has 1 rings (SSSR count). The van der Waals surface area contributed by atoms with E-state index in [2.05, 4.69) is 17.8 Å². The number of benzene rings is 1. The van der Waals surface area contributed by atoms with Gasteiger partial charge in [-0.05, 0) is 18.6 Å². The van der Waals surface area contributed by atoms with E-state index in [1.54, 1.807) is 0 Å². The molecule has 0 aromatic heterocycles. The number of amides is 2. The van der Waals surface area contributed by atoms with Gasteiger partial charge in [0, 0.05) is 18.1 Å². The number of nitrogens with zero attached hydrogens (tertiary/aromatic N) is 1. The van der Waals surface area contributed by atoms with Crippen LogP contribution in [0.2, 0.25) is 5.02 Å². The van der Waals surface area contributed by atoms with Crippen LogP contribution in [0.3, 0.4) is 0 Å². The van der Waals surface area contributed by atoms with E-state index < -0.39 is 10.8 Å². The van der Waals surface area contributed by atoms with Gasteiger partial charge in [0.2, 0.25) is 5.91 Å². The Morgan fingerprint density at radius 1 is 1.17 bits per heavy atom. The van der Waals surface area contributed by atoms with Crippen molar-refractivity contribution in [2.45, 2.75) is 45.4 Å². The van der Waals surface area contributed by atoms with Gasteiger partial charge in [-0.2, -0.15) is 0 Å². The molecule has 1 aromatic carbocycles. The number of rotatable bonds is 8. The number of hydrogen-bond acceptors (Lipinski definition) is 4. The van der Waals surface area contributed by atoms with Crippen molar-refractivity contribution < 1.29 is 14.5 Å². The second-order valence-corrected chi connectivity index (χ2v) is 5.50. The summed E-state index contributed by atoms with van der Waals surface area (Å²) in [5.41, 5.74) is 4.21. The van der Waals surface area contributed by atoms with E-state index in [1.807, 2.05) is 0 Å². The molecule has 0 saturated carbocycles. The van der Waals surface area contributed by atoms with Crippen molar-refractivity contribution in [2.24, 2.45) is 0 Å². The normalized spacial score (nSPS) is 10.2. The molecular formula is C15H20ClN3O4. The van der Waals surface area contributed by atoms with E-state index in [4.69, 9.17) is 11.6 Å². The summed E-state index contributed by atoms with van der Waals surface area (Å²) in [5, 5.41) is 10.7. The Balaban J connectivity index is 2.43. The fraction of sp³-hybridized carbons (Fsp3) is 0.467. The molecule has 0 heterocycles. The van der Waals surface area contributed by atoms with Crippen molar-refractivity contribution in [3.05, 3.63) is 38.9 Å². The van der Waals surface area contributed by atoms with Gasteiger partial charge in [-0.3, -0.25) is 30.6 Å². The van der Waals surface area contributed by atoms with E-state index in [-0.39, 0.29) is 22.2 Å². The number of nitro groups is 1. The van der Waals surface area contributed by atoms with Crippen molar-refractivity contribution in [3.8, 4) is 0 Å². The first-order chi connectivity index (χ1) is 11.0. The van der Waals surface area contributed by atoms with Crippen molar-refractivity contribution >= 4 is 29.1 Å². The monoisotopic (exact) mass is 341 g/mol. The van der Waals surface area contributed by atoms with Gasteiger partial charge in [-0.1, -0.05) is 44.2 Å². The summed E-state index contributed by atoms with van der Waals surface area (Å²) < 4.78 is 0. The zero-order valence-corrected chi connectivity index (χ0v) is 13.7. The van der Waals surface area contributed by atoms with Gasteiger partial charge in [-0.25, -0.2) is 0 Å². The van der Waals surface area contributed by atoms with Crippen LogP contribution in [0.25, 0.3) is 0 Å². The summed E-state index contributed by atoms with van der Waals surface area (Å²) in [7, 11) is 0. The highest BCUT2D eigenvalue weighted by Gasteiger charge is 2.16. The maximum atomic E-state index is 11.9. The Morgan fingerprint density at radius 2 is 1.87 bits per heavy atom. The summed E-state index contributed by atoms with van der Waals surface area (Å²) >= 11 is 5.67. The Hall–Kier alpha value is -2.15. The minimum absolute atomic E-state index is 0.0457. The molecule has 0 atom stereocenters. The van der Waals surface area contributed by atoms with Crippen LogP contribution in [0.15, 0.2) is 18.2 Å². The lowest BCUT2D eigenvalue weighted by Crippen LogP contribution is -2.41. The van der Waals surface area contributed by atoms with Crippen LogP contribution in [-0.2, 0) is 4.79 Å². The van der Waals surface area contributed by atoms with Gasteiger partial charge >= 0.3 is 0 Å². The van der Waals surface area contributed by atoms with Crippen LogP contribution in [-0.4, -0.2) is 16.7 Å². The van der Waals surface area contributed by atoms with E-state index >= 15 is 0 Å². The first-order valence-corrected chi connectivity index (χ1v) is 7.86. The molecule has 0 bridgehead atoms. The van der Waals surface area contributed by atoms with E-state index in [0.717, 1.165) is 38.2 Å². The van der Waals surface area contributed by atoms with Gasteiger partial charge < -0.3 is 0 Å². The second-order valence-electron chi connectivity index (χ2n) is 5.09. The average molecular weight is 342 g/mol. The highest BCUT2D eigenvalue weighted by Crippen LogP contribution is 2.24. The maximum absolute atomic E-state index is 11.9. The molecule has 126 valence electrons. The van der Waals surface area contributed by atoms with Gasteiger partial charge in [0.25, 0.3) is 11.6 Å². The number of unbranched alkanes of at least 4 members (excludes halogenated alkanes) is 4. The molecule has 0 spiro atoms. The second kappa shape index (κ2) is 9.78. The third kappa shape index (κ3) is 6.65. The summed E-state index contributed by atoms with van der Waals surface area (Å²) in [6.45, 7) is 2.11. The van der Waals surface area contributed by atoms with Gasteiger partial charge in [-0.15, -0.1) is 0 Å². The van der Waals surface area contributed by atoms with Gasteiger partial charge in [0.05, 0.1) is 4.92 Å². The standard InChI is InChI=1S/C15H20ClN3O4/c1-2-3-4-5-6-7-14(20)17-18-15(21)11-8-9-12(16)13(10-11)19(22)23/h8-10H,2-7H2,1H3,(H,17,20)(H,18,21). The molecule has 8 heteroatoms. The first kappa shape index (κ1) is 18.9. The Bertz CT molecular complexity index is 578. The van der Waals surface area contributed by atoms with Gasteiger partial charge in [0.1, 0.15) is 5.02 Å². The van der Waals surface area contributed by atoms with Crippen molar-refractivity contribution in [1.82, 2.24) is 10.9 Å². The third-order valence-electron chi connectivity index (χ3n) is 3.23. The molecule has 2 N–H and O–H groups in total. The SMILES string of the molecule is CCCCCCCC(=O)NNC(=O)c1ccc(Cl)c([N+](=O)[O-])c1. The number of carbonyl (C=O) groups is 2. The van der Waals surface area contributed by atoms with Crippen LogP contribution >= 0.6 is 11.6 Å². The van der Waals surface area contributed by atoms with E-state index in [9.17, 15) is 19.7 Å². The first-order valence-electron chi connectivity index (χ1n) is 7.48. The van der Waals surface area contributed by atoms with Crippen LogP contribution in [0.1, 0.15) is 55.8 Å². The lowest BCUT2D eigenvalue weighted by atomic mass is 10.1. The number of hydrogen-bond donors (Lipinski definition) is 2. The molecule has 0 unspecified atom stereocenters. The maximum Gasteiger partial charge on any atom is 0.288 e. The fourth-order valence-electron chi connectivity index (χ4n) is 1.94. The molecule has 0 aliphatic carbocycles. The van der Waals surface area contributed by atoms with Crippen molar-refractivity contribution in [2.75, 3.05) is 0 Å². The zero-order valence-electron chi connectivity index (χ0n) is 12.9. The molecule has 0 radical (unpaired) electrons. The van der Waals surface area contributed by atoms with E-state index in [1.165, 1.54) is 12.1 Å². The van der Waals surface area contributed by atoms with Crippen LogP contribution in [0, 0.1) is 10.1 Å². The summed E-state index contributed by atoms with van der Waals surface area (Å²) in [4.78, 5) is 33.5. The topological polar surface area (TPSA) is 101 Å². The Morgan fingerprint density at radius 3 is 2.52 bits per heavy atom. The lowest BCUT2D eigenvalue weighted by Gasteiger charge is -2.07. The summed E-state index contributed by atoms with van der Waals surface area (Å²) in [5.74, 6) is -0.928. The molecule has 0 fully saturated rings. The Labute approximate surface area is 139 Å². The lowest BCUT2D eigenvalue weighted by molar-refractivity contribution is -0.384. The zero-order chi connectivity index (χ0) is 17.2. The third-order valence-corrected chi connectivity index (χ3v) is 3.55. The molecular weight excluding hydrogens is 322 g/mol. The number of halogens is 1. The fourth-order valence-corrected chi connectivity index (χ4v) is 2.13. The predicted molar refractivity (Wildman–Crippen MR) is 87.1 cm³/mol. The molecule has 1 aromatic rings. The van der Waals surface area contributed by atoms with Crippen LogP contribution < -0.4 is 10.9 Å². The highest BCUT2D eigenvalue weighted by molar-refractivity contribution is 6.32. The quantitative estimate of drug-likeness (QED) is 0.430. The molecule has 2 amide bonds. The molecule has 0 aliphatic heterocycles. The number of carbonyl (C=O) groups excluding carboxylic acids is 2.